The highest BCUT2D eigenvalue weighted by Crippen LogP contribution is 2.15. The van der Waals surface area contributed by atoms with E-state index in [1.807, 2.05) is 35.4 Å². The van der Waals surface area contributed by atoms with Crippen molar-refractivity contribution in [3.05, 3.63) is 77.5 Å². The van der Waals surface area contributed by atoms with Crippen LogP contribution in [0, 0.1) is 0 Å². The number of piperazine rings is 1. The standard InChI is InChI=1S/C20H20ClN5O/c21-18-3-1-2-16(12-18)14-24-8-10-25(11-9-24)20(27)17-4-5-23-19(13-17)26-7-6-22-15-26/h1-7,12-13,15H,8-11,14H2. The second-order valence-electron chi connectivity index (χ2n) is 6.57. The second-order valence-corrected chi connectivity index (χ2v) is 7.01. The van der Waals surface area contributed by atoms with Crippen LogP contribution in [0.25, 0.3) is 5.82 Å². The van der Waals surface area contributed by atoms with Gasteiger partial charge >= 0.3 is 0 Å². The molecule has 0 aliphatic carbocycles. The molecule has 6 nitrogen and oxygen atoms in total. The van der Waals surface area contributed by atoms with Gasteiger partial charge in [0.2, 0.25) is 0 Å². The van der Waals surface area contributed by atoms with Gasteiger partial charge in [0.1, 0.15) is 12.1 Å². The van der Waals surface area contributed by atoms with Crippen LogP contribution in [-0.4, -0.2) is 56.4 Å². The summed E-state index contributed by atoms with van der Waals surface area (Å²) >= 11 is 6.06. The van der Waals surface area contributed by atoms with E-state index in [4.69, 9.17) is 11.6 Å². The van der Waals surface area contributed by atoms with Crippen LogP contribution in [0.3, 0.4) is 0 Å². The Balaban J connectivity index is 1.38. The largest absolute Gasteiger partial charge is 0.336 e. The van der Waals surface area contributed by atoms with Crippen molar-refractivity contribution in [2.24, 2.45) is 0 Å². The molecule has 0 unspecified atom stereocenters. The molecule has 3 heterocycles. The summed E-state index contributed by atoms with van der Waals surface area (Å²) in [5, 5.41) is 0.757. The molecule has 1 amide bonds. The lowest BCUT2D eigenvalue weighted by molar-refractivity contribution is 0.0628. The van der Waals surface area contributed by atoms with E-state index in [2.05, 4.69) is 20.9 Å². The highest BCUT2D eigenvalue weighted by Gasteiger charge is 2.22. The van der Waals surface area contributed by atoms with Crippen molar-refractivity contribution in [1.29, 1.82) is 0 Å². The number of hydrogen-bond acceptors (Lipinski definition) is 4. The van der Waals surface area contributed by atoms with Gasteiger partial charge in [-0.25, -0.2) is 9.97 Å². The van der Waals surface area contributed by atoms with Crippen LogP contribution in [0.4, 0.5) is 0 Å². The van der Waals surface area contributed by atoms with Gasteiger partial charge in [-0.1, -0.05) is 23.7 Å². The third-order valence-corrected chi connectivity index (χ3v) is 4.95. The van der Waals surface area contributed by atoms with Crippen LogP contribution < -0.4 is 0 Å². The smallest absolute Gasteiger partial charge is 0.254 e. The maximum absolute atomic E-state index is 12.9. The van der Waals surface area contributed by atoms with Gasteiger partial charge < -0.3 is 4.90 Å². The molecule has 1 aliphatic rings. The molecule has 0 spiro atoms. The third-order valence-electron chi connectivity index (χ3n) is 4.72. The molecule has 1 aliphatic heterocycles. The van der Waals surface area contributed by atoms with E-state index in [1.165, 1.54) is 5.56 Å². The van der Waals surface area contributed by atoms with E-state index in [1.54, 1.807) is 29.4 Å². The van der Waals surface area contributed by atoms with E-state index in [-0.39, 0.29) is 5.91 Å². The molecule has 1 saturated heterocycles. The summed E-state index contributed by atoms with van der Waals surface area (Å²) in [4.78, 5) is 25.5. The minimum Gasteiger partial charge on any atom is -0.336 e. The van der Waals surface area contributed by atoms with Crippen molar-refractivity contribution in [3.63, 3.8) is 0 Å². The maximum Gasteiger partial charge on any atom is 0.254 e. The van der Waals surface area contributed by atoms with Gasteiger partial charge in [-0.05, 0) is 29.8 Å². The van der Waals surface area contributed by atoms with Gasteiger partial charge in [-0.2, -0.15) is 0 Å². The Morgan fingerprint density at radius 2 is 1.93 bits per heavy atom. The first-order valence-corrected chi connectivity index (χ1v) is 9.27. The Morgan fingerprint density at radius 3 is 2.67 bits per heavy atom. The number of aromatic nitrogens is 3. The zero-order valence-electron chi connectivity index (χ0n) is 14.8. The number of nitrogens with zero attached hydrogens (tertiary/aromatic N) is 5. The van der Waals surface area contributed by atoms with Crippen molar-refractivity contribution >= 4 is 17.5 Å². The van der Waals surface area contributed by atoms with Crippen molar-refractivity contribution in [2.45, 2.75) is 6.54 Å². The van der Waals surface area contributed by atoms with Gasteiger partial charge in [-0.3, -0.25) is 14.3 Å². The predicted octanol–water partition coefficient (Wildman–Crippen LogP) is 2.88. The summed E-state index contributed by atoms with van der Waals surface area (Å²) in [5.41, 5.74) is 1.85. The lowest BCUT2D eigenvalue weighted by Crippen LogP contribution is -2.48. The first-order valence-electron chi connectivity index (χ1n) is 8.89. The molecular formula is C20H20ClN5O. The van der Waals surface area contributed by atoms with Crippen LogP contribution in [0.1, 0.15) is 15.9 Å². The number of hydrogen-bond donors (Lipinski definition) is 0. The summed E-state index contributed by atoms with van der Waals surface area (Å²) in [6, 6.07) is 11.5. The van der Waals surface area contributed by atoms with Crippen molar-refractivity contribution in [2.75, 3.05) is 26.2 Å². The summed E-state index contributed by atoms with van der Waals surface area (Å²) in [5.74, 6) is 0.735. The van der Waals surface area contributed by atoms with E-state index >= 15 is 0 Å². The van der Waals surface area contributed by atoms with Crippen LogP contribution in [-0.2, 0) is 6.54 Å². The number of imidazole rings is 1. The van der Waals surface area contributed by atoms with Crippen molar-refractivity contribution in [1.82, 2.24) is 24.3 Å². The number of carbonyl (C=O) groups is 1. The molecule has 3 aromatic rings. The van der Waals surface area contributed by atoms with Crippen molar-refractivity contribution < 1.29 is 4.79 Å². The molecule has 4 rings (SSSR count). The summed E-state index contributed by atoms with van der Waals surface area (Å²) in [6.07, 6.45) is 6.84. The van der Waals surface area contributed by atoms with Gasteiger partial charge in [0.05, 0.1) is 0 Å². The minimum absolute atomic E-state index is 0.0428. The van der Waals surface area contributed by atoms with Gasteiger partial charge in [-0.15, -0.1) is 0 Å². The molecule has 2 aromatic heterocycles. The van der Waals surface area contributed by atoms with Crippen LogP contribution in [0.2, 0.25) is 5.02 Å². The van der Waals surface area contributed by atoms with E-state index in [0.717, 1.165) is 24.7 Å². The lowest BCUT2D eigenvalue weighted by Gasteiger charge is -2.34. The summed E-state index contributed by atoms with van der Waals surface area (Å²) in [7, 11) is 0. The Hall–Kier alpha value is -2.70. The molecule has 0 saturated carbocycles. The zero-order valence-corrected chi connectivity index (χ0v) is 15.6. The zero-order chi connectivity index (χ0) is 18.6. The van der Waals surface area contributed by atoms with Crippen LogP contribution >= 0.6 is 11.6 Å². The summed E-state index contributed by atoms with van der Waals surface area (Å²) < 4.78 is 1.79. The topological polar surface area (TPSA) is 54.3 Å². The summed E-state index contributed by atoms with van der Waals surface area (Å²) in [6.45, 7) is 3.96. The first-order chi connectivity index (χ1) is 13.2. The lowest BCUT2D eigenvalue weighted by atomic mass is 10.1. The first kappa shape index (κ1) is 17.7. The molecule has 0 bridgehead atoms. The Morgan fingerprint density at radius 1 is 1.07 bits per heavy atom. The fraction of sp³-hybridized carbons (Fsp3) is 0.250. The Bertz CT molecular complexity index is 920. The van der Waals surface area contributed by atoms with Gasteiger partial charge in [0.15, 0.2) is 0 Å². The Kier molecular flexibility index (Phi) is 5.18. The van der Waals surface area contributed by atoms with E-state index < -0.39 is 0 Å². The highest BCUT2D eigenvalue weighted by molar-refractivity contribution is 6.30. The van der Waals surface area contributed by atoms with E-state index in [0.29, 0.717) is 24.5 Å². The highest BCUT2D eigenvalue weighted by atomic mass is 35.5. The molecule has 0 N–H and O–H groups in total. The van der Waals surface area contributed by atoms with Crippen LogP contribution in [0.15, 0.2) is 61.3 Å². The molecule has 1 fully saturated rings. The van der Waals surface area contributed by atoms with Crippen molar-refractivity contribution in [3.8, 4) is 5.82 Å². The molecule has 138 valence electrons. The molecule has 27 heavy (non-hydrogen) atoms. The average Bonchev–Trinajstić information content (AvgIpc) is 3.23. The number of halogens is 1. The minimum atomic E-state index is 0.0428. The SMILES string of the molecule is O=C(c1ccnc(-n2ccnc2)c1)N1CCN(Cc2cccc(Cl)c2)CC1. The van der Waals surface area contributed by atoms with Crippen LogP contribution in [0.5, 0.6) is 0 Å². The molecule has 1 aromatic carbocycles. The molecule has 0 radical (unpaired) electrons. The second kappa shape index (κ2) is 7.90. The predicted molar refractivity (Wildman–Crippen MR) is 104 cm³/mol. The number of amides is 1. The number of carbonyl (C=O) groups excluding carboxylic acids is 1. The fourth-order valence-corrected chi connectivity index (χ4v) is 3.49. The fourth-order valence-electron chi connectivity index (χ4n) is 3.27. The van der Waals surface area contributed by atoms with Gasteiger partial charge in [0, 0.05) is 61.9 Å². The van der Waals surface area contributed by atoms with Gasteiger partial charge in [0.25, 0.3) is 5.91 Å². The molecule has 0 atom stereocenters. The quantitative estimate of drug-likeness (QED) is 0.697. The number of benzene rings is 1. The van der Waals surface area contributed by atoms with E-state index in [9.17, 15) is 4.79 Å². The average molecular weight is 382 g/mol. The number of pyridine rings is 1. The number of rotatable bonds is 4. The molecule has 7 heteroatoms. The molecular weight excluding hydrogens is 362 g/mol. The maximum atomic E-state index is 12.9. The monoisotopic (exact) mass is 381 g/mol. The normalized spacial score (nSPS) is 15.1. The Labute approximate surface area is 163 Å². The third kappa shape index (κ3) is 4.18.